The normalized spacial score (nSPS) is 11.0. The van der Waals surface area contributed by atoms with E-state index in [9.17, 15) is 4.79 Å². The van der Waals surface area contributed by atoms with Gasteiger partial charge in [-0.1, -0.05) is 48.5 Å². The van der Waals surface area contributed by atoms with Gasteiger partial charge in [-0.25, -0.2) is 10.4 Å². The number of hydrazone groups is 1. The molecule has 0 aliphatic carbocycles. The number of para-hydroxylation sites is 1. The lowest BCUT2D eigenvalue weighted by atomic mass is 10.0. The fourth-order valence-corrected chi connectivity index (χ4v) is 3.16. The zero-order chi connectivity index (χ0) is 20.8. The first-order chi connectivity index (χ1) is 14.7. The molecule has 5 heteroatoms. The molecule has 30 heavy (non-hydrogen) atoms. The van der Waals surface area contributed by atoms with E-state index >= 15 is 0 Å². The average Bonchev–Trinajstić information content (AvgIpc) is 2.80. The van der Waals surface area contributed by atoms with Crippen LogP contribution in [-0.2, 0) is 0 Å². The van der Waals surface area contributed by atoms with Crippen molar-refractivity contribution in [3.05, 3.63) is 96.1 Å². The number of nitrogens with one attached hydrogen (secondary N) is 1. The summed E-state index contributed by atoms with van der Waals surface area (Å²) in [6.45, 7) is 2.56. The second kappa shape index (κ2) is 9.01. The van der Waals surface area contributed by atoms with Crippen molar-refractivity contribution in [2.24, 2.45) is 5.10 Å². The number of amides is 1. The number of rotatable bonds is 6. The lowest BCUT2D eigenvalue weighted by Crippen LogP contribution is -2.18. The van der Waals surface area contributed by atoms with Gasteiger partial charge in [-0.15, -0.1) is 0 Å². The van der Waals surface area contributed by atoms with Crippen LogP contribution in [0.5, 0.6) is 5.75 Å². The molecule has 0 fully saturated rings. The number of fused-ring (bicyclic) bond motifs is 1. The van der Waals surface area contributed by atoms with Crippen molar-refractivity contribution in [3.63, 3.8) is 0 Å². The van der Waals surface area contributed by atoms with Gasteiger partial charge < -0.3 is 4.74 Å². The maximum absolute atomic E-state index is 12.9. The third-order valence-corrected chi connectivity index (χ3v) is 4.60. The van der Waals surface area contributed by atoms with Gasteiger partial charge >= 0.3 is 0 Å². The first kappa shape index (κ1) is 19.3. The molecular formula is C25H21N3O2. The van der Waals surface area contributed by atoms with E-state index < -0.39 is 0 Å². The van der Waals surface area contributed by atoms with Crippen LogP contribution in [0.25, 0.3) is 22.2 Å². The molecule has 1 aromatic heterocycles. The van der Waals surface area contributed by atoms with Crippen LogP contribution in [0.3, 0.4) is 0 Å². The Morgan fingerprint density at radius 1 is 1.00 bits per heavy atom. The Morgan fingerprint density at radius 2 is 1.73 bits per heavy atom. The highest BCUT2D eigenvalue weighted by Gasteiger charge is 2.13. The molecule has 0 spiro atoms. The number of carbonyl (C=O) groups is 1. The predicted octanol–water partition coefficient (Wildman–Crippen LogP) is 5.06. The standard InChI is InChI=1S/C25H21N3O2/c1-2-30-20-14-12-18(13-15-20)17-26-28-25(29)22-16-24(19-8-4-3-5-9-19)27-23-11-7-6-10-21(22)23/h3-17H,2H2,1H3,(H,28,29)/b26-17-. The fourth-order valence-electron chi connectivity index (χ4n) is 3.16. The van der Waals surface area contributed by atoms with Gasteiger partial charge in [-0.2, -0.15) is 5.10 Å². The van der Waals surface area contributed by atoms with E-state index in [0.29, 0.717) is 12.2 Å². The van der Waals surface area contributed by atoms with Crippen molar-refractivity contribution in [2.75, 3.05) is 6.61 Å². The van der Waals surface area contributed by atoms with Gasteiger partial charge in [0.15, 0.2) is 0 Å². The molecule has 0 unspecified atom stereocenters. The summed E-state index contributed by atoms with van der Waals surface area (Å²) in [5.74, 6) is 0.517. The number of hydrogen-bond donors (Lipinski definition) is 1. The van der Waals surface area contributed by atoms with E-state index in [1.165, 1.54) is 0 Å². The smallest absolute Gasteiger partial charge is 0.272 e. The first-order valence-corrected chi connectivity index (χ1v) is 9.76. The second-order valence-electron chi connectivity index (χ2n) is 6.64. The molecule has 0 atom stereocenters. The van der Waals surface area contributed by atoms with Crippen LogP contribution in [0.2, 0.25) is 0 Å². The molecule has 4 aromatic rings. The monoisotopic (exact) mass is 395 g/mol. The number of benzene rings is 3. The lowest BCUT2D eigenvalue weighted by Gasteiger charge is -2.09. The highest BCUT2D eigenvalue weighted by Crippen LogP contribution is 2.24. The molecule has 3 aromatic carbocycles. The molecule has 0 saturated heterocycles. The van der Waals surface area contributed by atoms with Gasteiger partial charge in [0.2, 0.25) is 0 Å². The summed E-state index contributed by atoms with van der Waals surface area (Å²) in [5, 5.41) is 4.90. The lowest BCUT2D eigenvalue weighted by molar-refractivity contribution is 0.0956. The third kappa shape index (κ3) is 4.36. The van der Waals surface area contributed by atoms with Gasteiger partial charge in [0.05, 0.1) is 29.6 Å². The minimum absolute atomic E-state index is 0.284. The second-order valence-corrected chi connectivity index (χ2v) is 6.64. The molecule has 0 aliphatic rings. The molecule has 5 nitrogen and oxygen atoms in total. The van der Waals surface area contributed by atoms with E-state index in [2.05, 4.69) is 10.5 Å². The highest BCUT2D eigenvalue weighted by atomic mass is 16.5. The molecule has 1 heterocycles. The molecule has 148 valence electrons. The van der Waals surface area contributed by atoms with Crippen LogP contribution in [-0.4, -0.2) is 23.7 Å². The van der Waals surface area contributed by atoms with E-state index in [-0.39, 0.29) is 5.91 Å². The summed E-state index contributed by atoms with van der Waals surface area (Å²) in [4.78, 5) is 17.6. The molecule has 0 bridgehead atoms. The number of pyridine rings is 1. The Balaban J connectivity index is 1.59. The maximum Gasteiger partial charge on any atom is 0.272 e. The number of carbonyl (C=O) groups excluding carboxylic acids is 1. The SMILES string of the molecule is CCOc1ccc(/C=N\NC(=O)c2cc(-c3ccccc3)nc3ccccc23)cc1. The van der Waals surface area contributed by atoms with Crippen LogP contribution >= 0.6 is 0 Å². The van der Waals surface area contributed by atoms with E-state index in [1.54, 1.807) is 12.3 Å². The van der Waals surface area contributed by atoms with Crippen LogP contribution in [0.4, 0.5) is 0 Å². The highest BCUT2D eigenvalue weighted by molar-refractivity contribution is 6.07. The predicted molar refractivity (Wildman–Crippen MR) is 120 cm³/mol. The maximum atomic E-state index is 12.9. The fraction of sp³-hybridized carbons (Fsp3) is 0.0800. The van der Waals surface area contributed by atoms with Crippen molar-refractivity contribution >= 4 is 23.0 Å². The number of aromatic nitrogens is 1. The number of ether oxygens (including phenoxy) is 1. The van der Waals surface area contributed by atoms with Crippen molar-refractivity contribution in [1.82, 2.24) is 10.4 Å². The largest absolute Gasteiger partial charge is 0.494 e. The summed E-state index contributed by atoms with van der Waals surface area (Å²) in [7, 11) is 0. The Hall–Kier alpha value is -3.99. The van der Waals surface area contributed by atoms with Crippen molar-refractivity contribution < 1.29 is 9.53 Å². The number of nitrogens with zero attached hydrogens (tertiary/aromatic N) is 2. The Labute approximate surface area is 175 Å². The Bertz CT molecular complexity index is 1190. The summed E-state index contributed by atoms with van der Waals surface area (Å²) in [6, 6.07) is 26.7. The minimum Gasteiger partial charge on any atom is -0.494 e. The van der Waals surface area contributed by atoms with Crippen molar-refractivity contribution in [3.8, 4) is 17.0 Å². The van der Waals surface area contributed by atoms with E-state index in [4.69, 9.17) is 9.72 Å². The minimum atomic E-state index is -0.284. The van der Waals surface area contributed by atoms with Crippen molar-refractivity contribution in [2.45, 2.75) is 6.92 Å². The topological polar surface area (TPSA) is 63.6 Å². The molecule has 0 radical (unpaired) electrons. The zero-order valence-corrected chi connectivity index (χ0v) is 16.6. The quantitative estimate of drug-likeness (QED) is 0.366. The van der Waals surface area contributed by atoms with Crippen LogP contribution in [0.15, 0.2) is 90.0 Å². The molecule has 1 amide bonds. The molecular weight excluding hydrogens is 374 g/mol. The van der Waals surface area contributed by atoms with Gasteiger partial charge in [0, 0.05) is 10.9 Å². The van der Waals surface area contributed by atoms with Gasteiger partial charge in [-0.05, 0) is 48.9 Å². The summed E-state index contributed by atoms with van der Waals surface area (Å²) in [6.07, 6.45) is 1.61. The Kier molecular flexibility index (Phi) is 5.80. The molecule has 1 N–H and O–H groups in total. The van der Waals surface area contributed by atoms with Gasteiger partial charge in [0.1, 0.15) is 5.75 Å². The first-order valence-electron chi connectivity index (χ1n) is 9.76. The Morgan fingerprint density at radius 3 is 2.50 bits per heavy atom. The van der Waals surface area contributed by atoms with Crippen LogP contribution in [0, 0.1) is 0 Å². The van der Waals surface area contributed by atoms with Crippen molar-refractivity contribution in [1.29, 1.82) is 0 Å². The molecule has 0 aliphatic heterocycles. The summed E-state index contributed by atoms with van der Waals surface area (Å²) in [5.41, 5.74) is 6.49. The average molecular weight is 395 g/mol. The van der Waals surface area contributed by atoms with Crippen LogP contribution < -0.4 is 10.2 Å². The molecule has 4 rings (SSSR count). The van der Waals surface area contributed by atoms with Gasteiger partial charge in [-0.3, -0.25) is 4.79 Å². The van der Waals surface area contributed by atoms with E-state index in [0.717, 1.165) is 33.5 Å². The number of hydrogen-bond acceptors (Lipinski definition) is 4. The van der Waals surface area contributed by atoms with E-state index in [1.807, 2.05) is 85.8 Å². The zero-order valence-electron chi connectivity index (χ0n) is 16.6. The summed E-state index contributed by atoms with van der Waals surface area (Å²) < 4.78 is 5.43. The van der Waals surface area contributed by atoms with Crippen LogP contribution in [0.1, 0.15) is 22.8 Å². The summed E-state index contributed by atoms with van der Waals surface area (Å²) >= 11 is 0. The van der Waals surface area contributed by atoms with Gasteiger partial charge in [0.25, 0.3) is 5.91 Å². The molecule has 0 saturated carbocycles. The third-order valence-electron chi connectivity index (χ3n) is 4.60.